The van der Waals surface area contributed by atoms with Crippen molar-refractivity contribution in [3.63, 3.8) is 0 Å². The maximum atomic E-state index is 5.57. The van der Waals surface area contributed by atoms with Gasteiger partial charge in [0.2, 0.25) is 0 Å². The normalized spacial score (nSPS) is 17.4. The number of oxime groups is 1. The van der Waals surface area contributed by atoms with Gasteiger partial charge in [-0.3, -0.25) is 0 Å². The highest BCUT2D eigenvalue weighted by atomic mass is 16.6. The molecule has 3 nitrogen and oxygen atoms in total. The highest BCUT2D eigenvalue weighted by Crippen LogP contribution is 2.18. The molecule has 108 valence electrons. The monoisotopic (exact) mass is 281 g/mol. The van der Waals surface area contributed by atoms with Crippen LogP contribution in [-0.2, 0) is 11.4 Å². The zero-order valence-corrected chi connectivity index (χ0v) is 12.3. The number of quaternary nitrogens is 1. The minimum atomic E-state index is 0.184. The molecule has 1 aliphatic heterocycles. The van der Waals surface area contributed by atoms with Crippen LogP contribution in [-0.4, -0.2) is 18.4 Å². The lowest BCUT2D eigenvalue weighted by molar-refractivity contribution is -0.676. The van der Waals surface area contributed by atoms with Gasteiger partial charge in [-0.05, 0) is 12.5 Å². The number of nitrogens with two attached hydrogens (primary N) is 1. The third kappa shape index (κ3) is 3.50. The molecular weight excluding hydrogens is 260 g/mol. The number of hydrogen-bond donors (Lipinski definition) is 1. The first-order chi connectivity index (χ1) is 10.3. The quantitative estimate of drug-likeness (QED) is 0.897. The first-order valence-electron chi connectivity index (χ1n) is 7.47. The van der Waals surface area contributed by atoms with Crippen molar-refractivity contribution in [2.24, 2.45) is 5.16 Å². The zero-order chi connectivity index (χ0) is 14.5. The summed E-state index contributed by atoms with van der Waals surface area (Å²) in [5.41, 5.74) is 4.89. The van der Waals surface area contributed by atoms with Crippen LogP contribution < -0.4 is 5.32 Å². The molecule has 3 rings (SSSR count). The van der Waals surface area contributed by atoms with Crippen molar-refractivity contribution in [1.29, 1.82) is 0 Å². The fraction of sp³-hybridized carbons (Fsp3) is 0.278. The molecule has 0 unspecified atom stereocenters. The predicted octanol–water partition coefficient (Wildman–Crippen LogP) is 2.25. The van der Waals surface area contributed by atoms with E-state index in [0.717, 1.165) is 25.2 Å². The molecule has 0 aliphatic carbocycles. The Kier molecular flexibility index (Phi) is 4.31. The van der Waals surface area contributed by atoms with Crippen LogP contribution in [0.15, 0.2) is 59.8 Å². The van der Waals surface area contributed by atoms with Crippen LogP contribution in [0, 0.1) is 6.92 Å². The number of benzene rings is 2. The van der Waals surface area contributed by atoms with Crippen LogP contribution in [0.5, 0.6) is 0 Å². The van der Waals surface area contributed by atoms with Crippen molar-refractivity contribution in [3.8, 4) is 0 Å². The molecular formula is C18H21N2O+. The van der Waals surface area contributed by atoms with Crippen molar-refractivity contribution >= 4 is 5.71 Å². The predicted molar refractivity (Wildman–Crippen MR) is 84.1 cm³/mol. The summed E-state index contributed by atoms with van der Waals surface area (Å²) < 4.78 is 0. The van der Waals surface area contributed by atoms with Gasteiger partial charge in [0.1, 0.15) is 13.1 Å². The average Bonchev–Trinajstić information content (AvgIpc) is 2.97. The molecule has 2 aromatic carbocycles. The zero-order valence-electron chi connectivity index (χ0n) is 12.3. The maximum absolute atomic E-state index is 5.57. The van der Waals surface area contributed by atoms with Gasteiger partial charge < -0.3 is 10.2 Å². The smallest absolute Gasteiger partial charge is 0.181 e. The SMILES string of the molecule is Cc1ccccc1C1=NO[C@H](C[NH2+]Cc2ccccc2)C1. The number of aryl methyl sites for hydroxylation is 1. The van der Waals surface area contributed by atoms with Gasteiger partial charge in [0.05, 0.1) is 5.71 Å². The van der Waals surface area contributed by atoms with E-state index in [0.29, 0.717) is 0 Å². The van der Waals surface area contributed by atoms with E-state index in [-0.39, 0.29) is 6.10 Å². The Balaban J connectivity index is 1.49. The van der Waals surface area contributed by atoms with E-state index in [9.17, 15) is 0 Å². The summed E-state index contributed by atoms with van der Waals surface area (Å²) in [6.07, 6.45) is 1.08. The molecule has 2 N–H and O–H groups in total. The molecule has 21 heavy (non-hydrogen) atoms. The van der Waals surface area contributed by atoms with Gasteiger partial charge >= 0.3 is 0 Å². The van der Waals surface area contributed by atoms with Crippen molar-refractivity contribution in [2.45, 2.75) is 26.0 Å². The van der Waals surface area contributed by atoms with Gasteiger partial charge in [0, 0.05) is 17.5 Å². The minimum absolute atomic E-state index is 0.184. The van der Waals surface area contributed by atoms with Crippen LogP contribution in [0.25, 0.3) is 0 Å². The Bertz CT molecular complexity index is 622. The summed E-state index contributed by atoms with van der Waals surface area (Å²) >= 11 is 0. The second kappa shape index (κ2) is 6.55. The van der Waals surface area contributed by atoms with Crippen LogP contribution in [0.4, 0.5) is 0 Å². The van der Waals surface area contributed by atoms with Gasteiger partial charge in [-0.2, -0.15) is 0 Å². The molecule has 1 atom stereocenters. The fourth-order valence-corrected chi connectivity index (χ4v) is 2.66. The third-order valence-electron chi connectivity index (χ3n) is 3.84. The van der Waals surface area contributed by atoms with Gasteiger partial charge in [-0.25, -0.2) is 0 Å². The minimum Gasteiger partial charge on any atom is -0.386 e. The van der Waals surface area contributed by atoms with Gasteiger partial charge in [0.15, 0.2) is 6.10 Å². The molecule has 0 spiro atoms. The van der Waals surface area contributed by atoms with Crippen molar-refractivity contribution in [1.82, 2.24) is 0 Å². The molecule has 0 saturated heterocycles. The highest BCUT2D eigenvalue weighted by Gasteiger charge is 2.24. The second-order valence-corrected chi connectivity index (χ2v) is 5.50. The van der Waals surface area contributed by atoms with E-state index >= 15 is 0 Å². The summed E-state index contributed by atoms with van der Waals surface area (Å²) in [6, 6.07) is 18.9. The fourth-order valence-electron chi connectivity index (χ4n) is 2.66. The Morgan fingerprint density at radius 1 is 1.10 bits per heavy atom. The molecule has 2 aromatic rings. The summed E-state index contributed by atoms with van der Waals surface area (Å²) in [4.78, 5) is 5.57. The Hall–Kier alpha value is -2.13. The molecule has 0 bridgehead atoms. The molecule has 0 aromatic heterocycles. The number of nitrogens with zero attached hydrogens (tertiary/aromatic N) is 1. The second-order valence-electron chi connectivity index (χ2n) is 5.50. The van der Waals surface area contributed by atoms with E-state index in [1.54, 1.807) is 0 Å². The van der Waals surface area contributed by atoms with Gasteiger partial charge in [0.25, 0.3) is 0 Å². The van der Waals surface area contributed by atoms with Crippen molar-refractivity contribution in [3.05, 3.63) is 71.3 Å². The largest absolute Gasteiger partial charge is 0.386 e. The molecule has 3 heteroatoms. The van der Waals surface area contributed by atoms with E-state index in [4.69, 9.17) is 4.84 Å². The van der Waals surface area contributed by atoms with Crippen molar-refractivity contribution < 1.29 is 10.2 Å². The topological polar surface area (TPSA) is 38.2 Å². The van der Waals surface area contributed by atoms with Crippen LogP contribution in [0.3, 0.4) is 0 Å². The number of rotatable bonds is 5. The Morgan fingerprint density at radius 2 is 1.86 bits per heavy atom. The van der Waals surface area contributed by atoms with Crippen LogP contribution >= 0.6 is 0 Å². The first kappa shape index (κ1) is 13.8. The van der Waals surface area contributed by atoms with E-state index < -0.39 is 0 Å². The lowest BCUT2D eigenvalue weighted by Gasteiger charge is -2.07. The highest BCUT2D eigenvalue weighted by molar-refractivity contribution is 6.02. The molecule has 0 saturated carbocycles. The lowest BCUT2D eigenvalue weighted by Crippen LogP contribution is -2.84. The number of hydrogen-bond acceptors (Lipinski definition) is 2. The average molecular weight is 281 g/mol. The van der Waals surface area contributed by atoms with Gasteiger partial charge in [-0.15, -0.1) is 0 Å². The van der Waals surface area contributed by atoms with E-state index in [2.05, 4.69) is 65.9 Å². The lowest BCUT2D eigenvalue weighted by atomic mass is 10.0. The van der Waals surface area contributed by atoms with Crippen LogP contribution in [0.2, 0.25) is 0 Å². The molecule has 0 fully saturated rings. The maximum Gasteiger partial charge on any atom is 0.181 e. The van der Waals surface area contributed by atoms with Gasteiger partial charge in [-0.1, -0.05) is 59.8 Å². The van der Waals surface area contributed by atoms with Crippen LogP contribution in [0.1, 0.15) is 23.1 Å². The Labute approximate surface area is 125 Å². The summed E-state index contributed by atoms with van der Waals surface area (Å²) in [5.74, 6) is 0. The molecule has 1 heterocycles. The van der Waals surface area contributed by atoms with E-state index in [1.807, 2.05) is 6.07 Å². The summed E-state index contributed by atoms with van der Waals surface area (Å²) in [5, 5.41) is 6.56. The Morgan fingerprint density at radius 3 is 2.67 bits per heavy atom. The summed E-state index contributed by atoms with van der Waals surface area (Å²) in [7, 11) is 0. The molecule has 0 radical (unpaired) electrons. The molecule has 1 aliphatic rings. The third-order valence-corrected chi connectivity index (χ3v) is 3.84. The van der Waals surface area contributed by atoms with Crippen molar-refractivity contribution in [2.75, 3.05) is 6.54 Å². The first-order valence-corrected chi connectivity index (χ1v) is 7.47. The summed E-state index contributed by atoms with van der Waals surface area (Å²) in [6.45, 7) is 4.04. The standard InChI is InChI=1S/C18H20N2O/c1-14-7-5-6-10-17(14)18-11-16(21-20-18)13-19-12-15-8-3-2-4-9-15/h2-10,16,19H,11-13H2,1H3/p+1/t16-/m0/s1. The van der Waals surface area contributed by atoms with E-state index in [1.165, 1.54) is 16.7 Å². The molecule has 0 amide bonds.